The third-order valence-electron chi connectivity index (χ3n) is 3.24. The topological polar surface area (TPSA) is 71.1 Å². The minimum absolute atomic E-state index is 0.0422. The summed E-state index contributed by atoms with van der Waals surface area (Å²) in [4.78, 5) is 3.96. The number of aromatic nitrogens is 1. The molecule has 1 heterocycles. The number of nitrogens with one attached hydrogen (secondary N) is 2. The van der Waals surface area contributed by atoms with Gasteiger partial charge in [-0.2, -0.15) is 0 Å². The Balaban J connectivity index is 3.14. The molecule has 18 heavy (non-hydrogen) atoms. The van der Waals surface area contributed by atoms with Crippen molar-refractivity contribution in [3.8, 4) is 0 Å². The molecule has 0 saturated heterocycles. The molecule has 0 fully saturated rings. The molecule has 0 unspecified atom stereocenters. The second-order valence-corrected chi connectivity index (χ2v) is 6.08. The molecule has 0 aliphatic rings. The molecule has 0 aliphatic carbocycles. The summed E-state index contributed by atoms with van der Waals surface area (Å²) in [6, 6.07) is 3.39. The van der Waals surface area contributed by atoms with E-state index in [1.165, 1.54) is 6.20 Å². The van der Waals surface area contributed by atoms with Crippen molar-refractivity contribution in [1.29, 1.82) is 0 Å². The van der Waals surface area contributed by atoms with E-state index in [9.17, 15) is 8.42 Å². The minimum atomic E-state index is -3.61. The summed E-state index contributed by atoms with van der Waals surface area (Å²) in [6.45, 7) is 5.82. The lowest BCUT2D eigenvalue weighted by molar-refractivity contribution is 0.388. The van der Waals surface area contributed by atoms with Crippen molar-refractivity contribution in [2.24, 2.45) is 0 Å². The van der Waals surface area contributed by atoms with E-state index in [-0.39, 0.29) is 5.03 Å². The zero-order valence-corrected chi connectivity index (χ0v) is 12.1. The molecular formula is C12H21N3O2S. The highest BCUT2D eigenvalue weighted by Gasteiger charge is 2.29. The number of rotatable bonds is 6. The van der Waals surface area contributed by atoms with Crippen LogP contribution in [0.3, 0.4) is 0 Å². The van der Waals surface area contributed by atoms with Crippen molar-refractivity contribution >= 4 is 15.7 Å². The van der Waals surface area contributed by atoms with Gasteiger partial charge in [0.15, 0.2) is 5.03 Å². The molecule has 5 nitrogen and oxygen atoms in total. The van der Waals surface area contributed by atoms with Gasteiger partial charge in [0.25, 0.3) is 10.0 Å². The molecule has 1 aromatic rings. The van der Waals surface area contributed by atoms with Crippen LogP contribution in [0.2, 0.25) is 0 Å². The number of anilines is 1. The fraction of sp³-hybridized carbons (Fsp3) is 0.583. The van der Waals surface area contributed by atoms with Crippen molar-refractivity contribution in [2.75, 3.05) is 12.4 Å². The lowest BCUT2D eigenvalue weighted by Crippen LogP contribution is -2.45. The van der Waals surface area contributed by atoms with Crippen LogP contribution in [0.15, 0.2) is 23.4 Å². The van der Waals surface area contributed by atoms with E-state index in [1.54, 1.807) is 19.2 Å². The molecule has 0 radical (unpaired) electrons. The van der Waals surface area contributed by atoms with Gasteiger partial charge in [-0.3, -0.25) is 0 Å². The van der Waals surface area contributed by atoms with Crippen LogP contribution < -0.4 is 10.0 Å². The highest BCUT2D eigenvalue weighted by atomic mass is 32.2. The lowest BCUT2D eigenvalue weighted by atomic mass is 9.98. The van der Waals surface area contributed by atoms with Gasteiger partial charge in [-0.05, 0) is 31.9 Å². The highest BCUT2D eigenvalue weighted by molar-refractivity contribution is 7.89. The van der Waals surface area contributed by atoms with E-state index in [2.05, 4.69) is 15.0 Å². The largest absolute Gasteiger partial charge is 0.386 e. The first-order valence-electron chi connectivity index (χ1n) is 6.05. The Bertz CT molecular complexity index is 496. The van der Waals surface area contributed by atoms with Crippen molar-refractivity contribution in [2.45, 2.75) is 44.2 Å². The molecule has 0 bridgehead atoms. The van der Waals surface area contributed by atoms with Crippen molar-refractivity contribution in [3.05, 3.63) is 18.3 Å². The van der Waals surface area contributed by atoms with E-state index in [1.807, 2.05) is 20.8 Å². The van der Waals surface area contributed by atoms with Crippen LogP contribution in [0.1, 0.15) is 33.6 Å². The Morgan fingerprint density at radius 3 is 2.44 bits per heavy atom. The van der Waals surface area contributed by atoms with Gasteiger partial charge >= 0.3 is 0 Å². The van der Waals surface area contributed by atoms with E-state index in [0.717, 1.165) is 12.8 Å². The molecule has 1 aromatic heterocycles. The smallest absolute Gasteiger partial charge is 0.260 e. The summed E-state index contributed by atoms with van der Waals surface area (Å²) in [5.41, 5.74) is 0.0565. The van der Waals surface area contributed by atoms with Gasteiger partial charge in [0, 0.05) is 18.8 Å². The van der Waals surface area contributed by atoms with E-state index in [4.69, 9.17) is 0 Å². The zero-order valence-electron chi connectivity index (χ0n) is 11.3. The second-order valence-electron chi connectivity index (χ2n) is 4.48. The molecule has 0 aliphatic heterocycles. The van der Waals surface area contributed by atoms with E-state index >= 15 is 0 Å². The maximum Gasteiger partial charge on any atom is 0.260 e. The first kappa shape index (κ1) is 14.9. The lowest BCUT2D eigenvalue weighted by Gasteiger charge is -2.27. The van der Waals surface area contributed by atoms with Crippen LogP contribution in [0, 0.1) is 0 Å². The average molecular weight is 271 g/mol. The first-order chi connectivity index (χ1) is 8.38. The van der Waals surface area contributed by atoms with Crippen molar-refractivity contribution in [1.82, 2.24) is 9.71 Å². The Hall–Kier alpha value is -1.14. The van der Waals surface area contributed by atoms with Gasteiger partial charge in [0.05, 0.1) is 5.69 Å². The van der Waals surface area contributed by atoms with Crippen LogP contribution in [-0.2, 0) is 10.0 Å². The Kier molecular flexibility index (Phi) is 4.70. The molecule has 102 valence electrons. The van der Waals surface area contributed by atoms with Gasteiger partial charge in [-0.25, -0.2) is 18.1 Å². The van der Waals surface area contributed by atoms with E-state index < -0.39 is 15.6 Å². The van der Waals surface area contributed by atoms with Crippen LogP contribution in [-0.4, -0.2) is 26.0 Å². The van der Waals surface area contributed by atoms with Crippen LogP contribution in [0.5, 0.6) is 0 Å². The third-order valence-corrected chi connectivity index (χ3v) is 4.83. The SMILES string of the molecule is CCC(C)(CC)NS(=O)(=O)c1ncccc1NC. The average Bonchev–Trinajstić information content (AvgIpc) is 2.38. The second kappa shape index (κ2) is 5.67. The van der Waals surface area contributed by atoms with Gasteiger partial charge in [0.2, 0.25) is 0 Å². The Morgan fingerprint density at radius 2 is 1.94 bits per heavy atom. The maximum absolute atomic E-state index is 12.3. The summed E-state index contributed by atoms with van der Waals surface area (Å²) in [5.74, 6) is 0. The summed E-state index contributed by atoms with van der Waals surface area (Å²) >= 11 is 0. The zero-order chi connectivity index (χ0) is 13.8. The molecule has 0 atom stereocenters. The predicted molar refractivity (Wildman–Crippen MR) is 73.1 cm³/mol. The van der Waals surface area contributed by atoms with Crippen molar-refractivity contribution < 1.29 is 8.42 Å². The van der Waals surface area contributed by atoms with Gasteiger partial charge in [0.1, 0.15) is 0 Å². The number of nitrogens with zero attached hydrogens (tertiary/aromatic N) is 1. The van der Waals surface area contributed by atoms with Gasteiger partial charge in [-0.1, -0.05) is 13.8 Å². The highest BCUT2D eigenvalue weighted by Crippen LogP contribution is 2.22. The first-order valence-corrected chi connectivity index (χ1v) is 7.53. The number of hydrogen-bond donors (Lipinski definition) is 2. The van der Waals surface area contributed by atoms with E-state index in [0.29, 0.717) is 5.69 Å². The molecule has 0 spiro atoms. The predicted octanol–water partition coefficient (Wildman–Crippen LogP) is 1.98. The summed E-state index contributed by atoms with van der Waals surface area (Å²) in [6.07, 6.45) is 2.93. The van der Waals surface area contributed by atoms with Crippen molar-refractivity contribution in [3.63, 3.8) is 0 Å². The Labute approximate surface area is 109 Å². The monoisotopic (exact) mass is 271 g/mol. The quantitative estimate of drug-likeness (QED) is 0.830. The number of pyridine rings is 1. The number of sulfonamides is 1. The fourth-order valence-electron chi connectivity index (χ4n) is 1.56. The minimum Gasteiger partial charge on any atom is -0.386 e. The fourth-order valence-corrected chi connectivity index (χ4v) is 3.26. The number of hydrogen-bond acceptors (Lipinski definition) is 4. The molecule has 2 N–H and O–H groups in total. The molecular weight excluding hydrogens is 250 g/mol. The van der Waals surface area contributed by atoms with Crippen LogP contribution in [0.25, 0.3) is 0 Å². The summed E-state index contributed by atoms with van der Waals surface area (Å²) in [7, 11) is -1.93. The van der Waals surface area contributed by atoms with Crippen LogP contribution in [0.4, 0.5) is 5.69 Å². The van der Waals surface area contributed by atoms with Crippen LogP contribution >= 0.6 is 0 Å². The normalized spacial score (nSPS) is 12.4. The molecule has 1 rings (SSSR count). The third kappa shape index (κ3) is 3.20. The molecule has 0 amide bonds. The molecule has 0 saturated carbocycles. The van der Waals surface area contributed by atoms with Gasteiger partial charge in [-0.15, -0.1) is 0 Å². The maximum atomic E-state index is 12.3. The summed E-state index contributed by atoms with van der Waals surface area (Å²) < 4.78 is 27.4. The molecule has 6 heteroatoms. The summed E-state index contributed by atoms with van der Waals surface area (Å²) in [5, 5.41) is 2.88. The molecule has 0 aromatic carbocycles. The van der Waals surface area contributed by atoms with Gasteiger partial charge < -0.3 is 5.32 Å². The Morgan fingerprint density at radius 1 is 1.33 bits per heavy atom. The standard InChI is InChI=1S/C12H21N3O2S/c1-5-12(3,6-2)15-18(16,17)11-10(13-4)8-7-9-14-11/h7-9,13,15H,5-6H2,1-4H3.